The van der Waals surface area contributed by atoms with Crippen LogP contribution in [0, 0.1) is 0 Å². The number of aliphatic hydroxyl groups is 2. The van der Waals surface area contributed by atoms with E-state index in [9.17, 15) is 24.5 Å². The fourth-order valence-electron chi connectivity index (χ4n) is 4.81. The summed E-state index contributed by atoms with van der Waals surface area (Å²) in [6, 6.07) is 0. The molecule has 2 aliphatic heterocycles. The lowest BCUT2D eigenvalue weighted by molar-refractivity contribution is -0.0493. The third kappa shape index (κ3) is 4.41. The molecular weight excluding hydrogens is 579 g/mol. The quantitative estimate of drug-likeness (QED) is 0.124. The van der Waals surface area contributed by atoms with Crippen molar-refractivity contribution in [1.82, 2.24) is 44.5 Å². The molecule has 9 atom stereocenters. The van der Waals surface area contributed by atoms with Crippen LogP contribution in [-0.4, -0.2) is 109 Å². The van der Waals surface area contributed by atoms with Crippen LogP contribution >= 0.6 is 7.60 Å². The maximum atomic E-state index is 15.4. The number of rotatable bonds is 7. The molecular formula is C19H22F2N11O8P. The second-order valence-corrected chi connectivity index (χ2v) is 11.3. The van der Waals surface area contributed by atoms with Gasteiger partial charge in [0.15, 0.2) is 46.8 Å². The molecule has 2 fully saturated rings. The molecule has 220 valence electrons. The van der Waals surface area contributed by atoms with Crippen molar-refractivity contribution in [2.75, 3.05) is 24.7 Å². The monoisotopic (exact) mass is 601 g/mol. The molecule has 8 N–H and O–H groups in total. The topological polar surface area (TPSA) is 278 Å². The highest BCUT2D eigenvalue weighted by atomic mass is 31.2. The molecule has 6 rings (SSSR count). The third-order valence-corrected chi connectivity index (χ3v) is 8.63. The van der Waals surface area contributed by atoms with Crippen molar-refractivity contribution in [3.05, 3.63) is 23.0 Å². The summed E-state index contributed by atoms with van der Waals surface area (Å²) in [5.74, 6) is -0.338. The molecule has 0 aliphatic carbocycles. The standard InChI is InChI=1S/C19H22F2N11O8P/c20-7-5(1-33)39-18(31-4-26-10-15(31)27-19(23)28-16(10)35)12(7)41(36,37)38-2-6-11(34)8(21)17(40-6)32-14-9(29-30-32)13(22)24-3-25-14/h3-8,11-12,17-18,33-34H,1-2H2,(H,36,37)(H2,22,24,25)(H3,23,27,28,35)/t5-,6-,7-,8+,11-,12-,17-,18-/m1/s1. The molecule has 4 aromatic heterocycles. The molecule has 4 aromatic rings. The molecule has 1 unspecified atom stereocenters. The normalized spacial score (nSPS) is 31.7. The number of anilines is 2. The van der Waals surface area contributed by atoms with Gasteiger partial charge in [-0.2, -0.15) is 9.67 Å². The first-order valence-electron chi connectivity index (χ1n) is 11.9. The molecule has 0 radical (unpaired) electrons. The molecule has 2 aliphatic rings. The number of nitrogens with one attached hydrogen (secondary N) is 1. The first-order valence-corrected chi connectivity index (χ1v) is 13.5. The van der Waals surface area contributed by atoms with Crippen molar-refractivity contribution in [2.24, 2.45) is 0 Å². The predicted molar refractivity (Wildman–Crippen MR) is 130 cm³/mol. The maximum absolute atomic E-state index is 15.4. The van der Waals surface area contributed by atoms with E-state index < -0.39 is 75.1 Å². The first kappa shape index (κ1) is 27.4. The number of aromatic amines is 1. The van der Waals surface area contributed by atoms with E-state index in [-0.39, 0.29) is 34.1 Å². The number of halogens is 2. The van der Waals surface area contributed by atoms with Gasteiger partial charge in [0.25, 0.3) is 5.56 Å². The number of nitrogens with zero attached hydrogens (tertiary/aromatic N) is 8. The number of ether oxygens (including phenoxy) is 2. The van der Waals surface area contributed by atoms with Crippen molar-refractivity contribution in [2.45, 2.75) is 48.8 Å². The second-order valence-electron chi connectivity index (χ2n) is 9.28. The highest BCUT2D eigenvalue weighted by Crippen LogP contribution is 2.58. The van der Waals surface area contributed by atoms with Crippen LogP contribution in [0.1, 0.15) is 12.5 Å². The van der Waals surface area contributed by atoms with Crippen LogP contribution in [0.4, 0.5) is 20.5 Å². The minimum atomic E-state index is -5.06. The van der Waals surface area contributed by atoms with E-state index in [1.807, 2.05) is 0 Å². The number of hydrogen-bond donors (Lipinski definition) is 6. The summed E-state index contributed by atoms with van der Waals surface area (Å²) in [4.78, 5) is 40.8. The van der Waals surface area contributed by atoms with Crippen LogP contribution in [-0.2, 0) is 18.6 Å². The SMILES string of the molecule is Nc1nc2c(ncn2[C@@H]2O[C@H](CO)[C@@H](F)[C@H]2P(=O)(O)OC[C@H]2O[C@@H](n3nnc4c(N)ncnc43)[C@@H](F)[C@@H]2O)c(=O)[nH]1. The molecule has 22 heteroatoms. The summed E-state index contributed by atoms with van der Waals surface area (Å²) in [6.45, 7) is -1.74. The zero-order valence-corrected chi connectivity index (χ0v) is 21.4. The smallest absolute Gasteiger partial charge is 0.338 e. The summed E-state index contributed by atoms with van der Waals surface area (Å²) >= 11 is 0. The molecule has 0 saturated carbocycles. The van der Waals surface area contributed by atoms with E-state index in [0.29, 0.717) is 0 Å². The number of nitrogens with two attached hydrogens (primary N) is 2. The Morgan fingerprint density at radius 3 is 2.61 bits per heavy atom. The van der Waals surface area contributed by atoms with Crippen LogP contribution in [0.5, 0.6) is 0 Å². The Labute approximate surface area is 225 Å². The number of nitrogen functional groups attached to an aromatic ring is 2. The van der Waals surface area contributed by atoms with E-state index in [1.165, 1.54) is 0 Å². The summed E-state index contributed by atoms with van der Waals surface area (Å²) in [6.07, 6.45) is -10.4. The lowest BCUT2D eigenvalue weighted by Crippen LogP contribution is -2.34. The molecule has 0 aromatic carbocycles. The summed E-state index contributed by atoms with van der Waals surface area (Å²) in [7, 11) is -5.06. The number of aromatic nitrogens is 9. The van der Waals surface area contributed by atoms with Crippen molar-refractivity contribution in [1.29, 1.82) is 0 Å². The Kier molecular flexibility index (Phi) is 6.68. The van der Waals surface area contributed by atoms with Crippen LogP contribution in [0.3, 0.4) is 0 Å². The fourth-order valence-corrected chi connectivity index (χ4v) is 6.43. The lowest BCUT2D eigenvalue weighted by Gasteiger charge is -2.26. The van der Waals surface area contributed by atoms with Gasteiger partial charge in [-0.25, -0.2) is 23.7 Å². The van der Waals surface area contributed by atoms with Gasteiger partial charge in [-0.3, -0.25) is 18.9 Å². The Hall–Kier alpha value is -3.72. The van der Waals surface area contributed by atoms with Crippen LogP contribution in [0.2, 0.25) is 0 Å². The molecule has 6 heterocycles. The highest BCUT2D eigenvalue weighted by Gasteiger charge is 2.57. The number of alkyl halides is 2. The summed E-state index contributed by atoms with van der Waals surface area (Å²) in [5.41, 5.74) is 8.27. The van der Waals surface area contributed by atoms with E-state index in [2.05, 4.69) is 35.2 Å². The minimum absolute atomic E-state index is 0.00801. The van der Waals surface area contributed by atoms with Gasteiger partial charge >= 0.3 is 7.60 Å². The molecule has 41 heavy (non-hydrogen) atoms. The van der Waals surface area contributed by atoms with Crippen LogP contribution in [0.25, 0.3) is 22.3 Å². The molecule has 2 saturated heterocycles. The van der Waals surface area contributed by atoms with E-state index in [4.69, 9.17) is 25.5 Å². The summed E-state index contributed by atoms with van der Waals surface area (Å²) in [5, 5.41) is 27.6. The molecule has 19 nitrogen and oxygen atoms in total. The fraction of sp³-hybridized carbons (Fsp3) is 0.526. The predicted octanol–water partition coefficient (Wildman–Crippen LogP) is -2.09. The van der Waals surface area contributed by atoms with Gasteiger partial charge in [0, 0.05) is 0 Å². The van der Waals surface area contributed by atoms with Gasteiger partial charge in [-0.05, 0) is 0 Å². The summed E-state index contributed by atoms with van der Waals surface area (Å²) < 4.78 is 62.0. The Morgan fingerprint density at radius 2 is 1.85 bits per heavy atom. The van der Waals surface area contributed by atoms with Gasteiger partial charge < -0.3 is 40.6 Å². The minimum Gasteiger partial charge on any atom is -0.394 e. The van der Waals surface area contributed by atoms with Crippen LogP contribution in [0.15, 0.2) is 17.4 Å². The maximum Gasteiger partial charge on any atom is 0.338 e. The van der Waals surface area contributed by atoms with Gasteiger partial charge in [0.1, 0.15) is 36.5 Å². The van der Waals surface area contributed by atoms with E-state index in [1.54, 1.807) is 0 Å². The van der Waals surface area contributed by atoms with E-state index >= 15 is 8.78 Å². The largest absolute Gasteiger partial charge is 0.394 e. The molecule has 0 amide bonds. The van der Waals surface area contributed by atoms with Crippen molar-refractivity contribution in [3.8, 4) is 0 Å². The average Bonchev–Trinajstić information content (AvgIpc) is 3.68. The average molecular weight is 601 g/mol. The Morgan fingerprint density at radius 1 is 1.10 bits per heavy atom. The van der Waals surface area contributed by atoms with Gasteiger partial charge in [0.2, 0.25) is 5.95 Å². The highest BCUT2D eigenvalue weighted by molar-refractivity contribution is 7.53. The first-order chi connectivity index (χ1) is 19.5. The van der Waals surface area contributed by atoms with Crippen molar-refractivity contribution < 1.29 is 42.4 Å². The zero-order valence-electron chi connectivity index (χ0n) is 20.5. The third-order valence-electron chi connectivity index (χ3n) is 6.82. The van der Waals surface area contributed by atoms with Gasteiger partial charge in [-0.1, -0.05) is 5.21 Å². The number of hydrogen-bond acceptors (Lipinski definition) is 15. The number of H-pyrrole nitrogens is 1. The number of aliphatic hydroxyl groups excluding tert-OH is 2. The van der Waals surface area contributed by atoms with Crippen molar-refractivity contribution >= 4 is 41.7 Å². The zero-order chi connectivity index (χ0) is 29.2. The molecule has 0 spiro atoms. The molecule has 0 bridgehead atoms. The van der Waals surface area contributed by atoms with Gasteiger partial charge in [-0.15, -0.1) is 5.10 Å². The number of imidazole rings is 1. The Balaban J connectivity index is 1.25. The number of fused-ring (bicyclic) bond motifs is 2. The Bertz CT molecular complexity index is 1720. The van der Waals surface area contributed by atoms with Gasteiger partial charge in [0.05, 0.1) is 19.5 Å². The lowest BCUT2D eigenvalue weighted by atomic mass is 10.1. The van der Waals surface area contributed by atoms with E-state index in [0.717, 1.165) is 21.9 Å². The second kappa shape index (κ2) is 9.98. The van der Waals surface area contributed by atoms with Crippen LogP contribution < -0.4 is 17.0 Å². The van der Waals surface area contributed by atoms with Crippen molar-refractivity contribution in [3.63, 3.8) is 0 Å².